The predicted octanol–water partition coefficient (Wildman–Crippen LogP) is -0.533. The summed E-state index contributed by atoms with van der Waals surface area (Å²) >= 11 is 0. The number of amides is 3. The van der Waals surface area contributed by atoms with Gasteiger partial charge >= 0.3 is 5.97 Å². The molecule has 2 atom stereocenters. The van der Waals surface area contributed by atoms with Crippen LogP contribution in [0.2, 0.25) is 0 Å². The summed E-state index contributed by atoms with van der Waals surface area (Å²) in [6.45, 7) is -0.180. The summed E-state index contributed by atoms with van der Waals surface area (Å²) in [6, 6.07) is 0. The first-order valence-electron chi connectivity index (χ1n) is 7.81. The van der Waals surface area contributed by atoms with E-state index in [1.165, 1.54) is 7.11 Å². The van der Waals surface area contributed by atoms with Crippen LogP contribution in [-0.4, -0.2) is 62.0 Å². The third-order valence-corrected chi connectivity index (χ3v) is 4.21. The maximum atomic E-state index is 12.2. The maximum Gasteiger partial charge on any atom is 0.326 e. The molecule has 2 rings (SSSR count). The second kappa shape index (κ2) is 8.05. The molecule has 8 heteroatoms. The monoisotopic (exact) mass is 326 g/mol. The summed E-state index contributed by atoms with van der Waals surface area (Å²) < 4.78 is 9.58. The number of carbonyl (C=O) groups is 4. The molecule has 8 nitrogen and oxygen atoms in total. The first-order valence-corrected chi connectivity index (χ1v) is 7.81. The molecule has 0 bridgehead atoms. The number of nitrogens with zero attached hydrogens (tertiary/aromatic N) is 1. The van der Waals surface area contributed by atoms with Gasteiger partial charge in [0.2, 0.25) is 11.8 Å². The van der Waals surface area contributed by atoms with Crippen LogP contribution in [0.3, 0.4) is 0 Å². The fourth-order valence-electron chi connectivity index (χ4n) is 3.05. The molecule has 1 saturated carbocycles. The van der Waals surface area contributed by atoms with Gasteiger partial charge in [0.1, 0.15) is 6.54 Å². The second-order valence-corrected chi connectivity index (χ2v) is 5.76. The molecule has 23 heavy (non-hydrogen) atoms. The Morgan fingerprint density at radius 1 is 1.17 bits per heavy atom. The van der Waals surface area contributed by atoms with Crippen LogP contribution in [0.5, 0.6) is 0 Å². The van der Waals surface area contributed by atoms with Crippen LogP contribution in [0, 0.1) is 11.8 Å². The Morgan fingerprint density at radius 2 is 1.78 bits per heavy atom. The number of likely N-dealkylation sites (tertiary alicyclic amines) is 1. The van der Waals surface area contributed by atoms with E-state index in [0.29, 0.717) is 26.0 Å². The largest absolute Gasteiger partial charge is 0.454 e. The molecular weight excluding hydrogens is 304 g/mol. The number of nitrogens with one attached hydrogen (secondary N) is 1. The average Bonchev–Trinajstić information content (AvgIpc) is 2.79. The Hall–Kier alpha value is -1.96. The predicted molar refractivity (Wildman–Crippen MR) is 78.0 cm³/mol. The van der Waals surface area contributed by atoms with Crippen molar-refractivity contribution >= 4 is 23.7 Å². The molecule has 1 saturated heterocycles. The van der Waals surface area contributed by atoms with Gasteiger partial charge in [-0.1, -0.05) is 12.8 Å². The molecule has 3 amide bonds. The third-order valence-electron chi connectivity index (χ3n) is 4.21. The third kappa shape index (κ3) is 4.28. The number of esters is 1. The first-order chi connectivity index (χ1) is 11.0. The molecule has 1 aliphatic carbocycles. The van der Waals surface area contributed by atoms with Crippen LogP contribution in [-0.2, 0) is 28.7 Å². The number of imide groups is 1. The van der Waals surface area contributed by atoms with Gasteiger partial charge in [0, 0.05) is 13.7 Å². The van der Waals surface area contributed by atoms with Gasteiger partial charge in [-0.25, -0.2) is 0 Å². The lowest BCUT2D eigenvalue weighted by Crippen LogP contribution is -2.38. The molecule has 0 aromatic rings. The van der Waals surface area contributed by atoms with Gasteiger partial charge in [0.15, 0.2) is 6.61 Å². The number of carbonyl (C=O) groups excluding carboxylic acids is 4. The van der Waals surface area contributed by atoms with Crippen molar-refractivity contribution in [2.45, 2.75) is 25.7 Å². The maximum absolute atomic E-state index is 12.2. The Labute approximate surface area is 134 Å². The van der Waals surface area contributed by atoms with E-state index in [-0.39, 0.29) is 23.7 Å². The van der Waals surface area contributed by atoms with Crippen molar-refractivity contribution < 1.29 is 28.7 Å². The summed E-state index contributed by atoms with van der Waals surface area (Å²) in [6.07, 6.45) is 3.26. The quantitative estimate of drug-likeness (QED) is 0.383. The minimum Gasteiger partial charge on any atom is -0.454 e. The van der Waals surface area contributed by atoms with Gasteiger partial charge < -0.3 is 14.8 Å². The van der Waals surface area contributed by atoms with E-state index in [9.17, 15) is 19.2 Å². The van der Waals surface area contributed by atoms with E-state index in [0.717, 1.165) is 17.7 Å². The molecule has 0 spiro atoms. The molecule has 0 aromatic heterocycles. The molecule has 0 radical (unpaired) electrons. The summed E-state index contributed by atoms with van der Waals surface area (Å²) in [5, 5.41) is 2.50. The lowest BCUT2D eigenvalue weighted by atomic mass is 9.81. The Bertz CT molecular complexity index is 468. The van der Waals surface area contributed by atoms with Gasteiger partial charge in [-0.2, -0.15) is 0 Å². The zero-order chi connectivity index (χ0) is 16.8. The lowest BCUT2D eigenvalue weighted by molar-refractivity contribution is -0.154. The summed E-state index contributed by atoms with van der Waals surface area (Å²) in [4.78, 5) is 48.5. The second-order valence-electron chi connectivity index (χ2n) is 5.76. The fourth-order valence-corrected chi connectivity index (χ4v) is 3.05. The topological polar surface area (TPSA) is 102 Å². The lowest BCUT2D eigenvalue weighted by Gasteiger charge is -2.19. The normalized spacial score (nSPS) is 23.6. The Morgan fingerprint density at radius 3 is 2.35 bits per heavy atom. The van der Waals surface area contributed by atoms with Gasteiger partial charge in [-0.05, 0) is 12.8 Å². The highest BCUT2D eigenvalue weighted by molar-refractivity contribution is 6.07. The number of methoxy groups -OCH3 is 1. The average molecular weight is 326 g/mol. The molecular formula is C15H22N2O6. The van der Waals surface area contributed by atoms with Crippen LogP contribution >= 0.6 is 0 Å². The van der Waals surface area contributed by atoms with E-state index in [1.54, 1.807) is 0 Å². The highest BCUT2D eigenvalue weighted by Crippen LogP contribution is 2.37. The number of hydrogen-bond acceptors (Lipinski definition) is 6. The molecule has 1 aliphatic heterocycles. The Balaban J connectivity index is 1.77. The van der Waals surface area contributed by atoms with Crippen LogP contribution in [0.15, 0.2) is 0 Å². The van der Waals surface area contributed by atoms with Gasteiger partial charge in [0.05, 0.1) is 18.4 Å². The molecule has 1 N–H and O–H groups in total. The zero-order valence-electron chi connectivity index (χ0n) is 13.2. The van der Waals surface area contributed by atoms with Crippen LogP contribution in [0.25, 0.3) is 0 Å². The highest BCUT2D eigenvalue weighted by atomic mass is 16.5. The van der Waals surface area contributed by atoms with Crippen molar-refractivity contribution in [1.82, 2.24) is 10.2 Å². The fraction of sp³-hybridized carbons (Fsp3) is 0.733. The number of rotatable bonds is 7. The van der Waals surface area contributed by atoms with E-state index < -0.39 is 25.0 Å². The van der Waals surface area contributed by atoms with Crippen LogP contribution in [0.4, 0.5) is 0 Å². The zero-order valence-corrected chi connectivity index (χ0v) is 13.2. The standard InChI is InChI=1S/C15H22N2O6/c1-22-7-6-16-12(18)9-23-13(19)8-17-14(20)10-4-2-3-5-11(10)15(17)21/h10-11H,2-9H2,1H3,(H,16,18)/t10-,11-/m0/s1. The number of fused-ring (bicyclic) bond motifs is 1. The van der Waals surface area contributed by atoms with Crippen LogP contribution < -0.4 is 5.32 Å². The molecule has 2 fully saturated rings. The van der Waals surface area contributed by atoms with Crippen molar-refractivity contribution in [2.75, 3.05) is 33.4 Å². The van der Waals surface area contributed by atoms with Crippen molar-refractivity contribution in [3.63, 3.8) is 0 Å². The van der Waals surface area contributed by atoms with Crippen molar-refractivity contribution in [3.05, 3.63) is 0 Å². The van der Waals surface area contributed by atoms with Crippen molar-refractivity contribution in [3.8, 4) is 0 Å². The van der Waals surface area contributed by atoms with Gasteiger partial charge in [0.25, 0.3) is 5.91 Å². The van der Waals surface area contributed by atoms with Crippen molar-refractivity contribution in [2.24, 2.45) is 11.8 Å². The van der Waals surface area contributed by atoms with Crippen molar-refractivity contribution in [1.29, 1.82) is 0 Å². The number of hydrogen-bond donors (Lipinski definition) is 1. The molecule has 1 heterocycles. The molecule has 0 unspecified atom stereocenters. The van der Waals surface area contributed by atoms with E-state index in [4.69, 9.17) is 9.47 Å². The molecule has 128 valence electrons. The summed E-state index contributed by atoms with van der Waals surface area (Å²) in [7, 11) is 1.51. The number of ether oxygens (including phenoxy) is 2. The molecule has 2 aliphatic rings. The van der Waals surface area contributed by atoms with E-state index in [2.05, 4.69) is 5.32 Å². The molecule has 0 aromatic carbocycles. The van der Waals surface area contributed by atoms with Gasteiger partial charge in [-0.15, -0.1) is 0 Å². The minimum absolute atomic E-state index is 0.290. The Kier molecular flexibility index (Phi) is 6.09. The summed E-state index contributed by atoms with van der Waals surface area (Å²) in [5.74, 6) is -2.37. The van der Waals surface area contributed by atoms with Gasteiger partial charge in [-0.3, -0.25) is 24.1 Å². The van der Waals surface area contributed by atoms with E-state index >= 15 is 0 Å². The van der Waals surface area contributed by atoms with E-state index in [1.807, 2.05) is 0 Å². The SMILES string of the molecule is COCCNC(=O)COC(=O)CN1C(=O)[C@H]2CCCC[C@@H]2C1=O. The summed E-state index contributed by atoms with van der Waals surface area (Å²) in [5.41, 5.74) is 0. The minimum atomic E-state index is -0.757. The van der Waals surface area contributed by atoms with Crippen LogP contribution in [0.1, 0.15) is 25.7 Å². The highest BCUT2D eigenvalue weighted by Gasteiger charge is 2.48. The first kappa shape index (κ1) is 17.4. The smallest absolute Gasteiger partial charge is 0.326 e.